The van der Waals surface area contributed by atoms with E-state index in [2.05, 4.69) is 5.32 Å². The molecule has 3 aromatic carbocycles. The molecule has 0 aliphatic heterocycles. The first-order valence-corrected chi connectivity index (χ1v) is 7.92. The predicted octanol–water partition coefficient (Wildman–Crippen LogP) is 4.34. The number of rotatable bonds is 6. The molecule has 3 heteroatoms. The van der Waals surface area contributed by atoms with Crippen molar-refractivity contribution in [1.29, 1.82) is 0 Å². The van der Waals surface area contributed by atoms with Crippen LogP contribution in [0, 0.1) is 0 Å². The molecule has 0 bridgehead atoms. The van der Waals surface area contributed by atoms with Crippen LogP contribution < -0.4 is 10.1 Å². The zero-order chi connectivity index (χ0) is 16.6. The second kappa shape index (κ2) is 7.97. The molecular formula is C21H19NO2. The third-order valence-corrected chi connectivity index (χ3v) is 3.60. The van der Waals surface area contributed by atoms with Gasteiger partial charge in [-0.3, -0.25) is 4.79 Å². The standard InChI is InChI=1S/C21H19NO2/c23-21(15-17-7-3-1-4-8-17)22-16-18-11-13-20(14-12-18)24-19-9-5-2-6-10-19/h1-14H,15-16H2,(H,22,23). The molecule has 0 aliphatic rings. The minimum absolute atomic E-state index is 0.0193. The number of hydrogen-bond donors (Lipinski definition) is 1. The Morgan fingerprint density at radius 3 is 1.96 bits per heavy atom. The number of carbonyl (C=O) groups is 1. The Bertz CT molecular complexity index is 768. The molecule has 0 saturated carbocycles. The van der Waals surface area contributed by atoms with Crippen molar-refractivity contribution < 1.29 is 9.53 Å². The quantitative estimate of drug-likeness (QED) is 0.734. The van der Waals surface area contributed by atoms with Gasteiger partial charge >= 0.3 is 0 Å². The van der Waals surface area contributed by atoms with Crippen molar-refractivity contribution in [2.75, 3.05) is 0 Å². The molecule has 0 saturated heterocycles. The Balaban J connectivity index is 1.50. The van der Waals surface area contributed by atoms with E-state index in [0.29, 0.717) is 13.0 Å². The fraction of sp³-hybridized carbons (Fsp3) is 0.0952. The van der Waals surface area contributed by atoms with Gasteiger partial charge in [0.2, 0.25) is 5.91 Å². The van der Waals surface area contributed by atoms with Crippen molar-refractivity contribution in [3.63, 3.8) is 0 Å². The molecule has 0 radical (unpaired) electrons. The van der Waals surface area contributed by atoms with Crippen molar-refractivity contribution >= 4 is 5.91 Å². The molecule has 24 heavy (non-hydrogen) atoms. The van der Waals surface area contributed by atoms with Gasteiger partial charge in [0.1, 0.15) is 11.5 Å². The summed E-state index contributed by atoms with van der Waals surface area (Å²) in [6.45, 7) is 0.511. The van der Waals surface area contributed by atoms with Gasteiger partial charge in [-0.2, -0.15) is 0 Å². The number of nitrogens with one attached hydrogen (secondary N) is 1. The van der Waals surface area contributed by atoms with Crippen LogP contribution in [-0.2, 0) is 17.8 Å². The zero-order valence-corrected chi connectivity index (χ0v) is 13.3. The zero-order valence-electron chi connectivity index (χ0n) is 13.3. The summed E-state index contributed by atoms with van der Waals surface area (Å²) in [5, 5.41) is 2.94. The van der Waals surface area contributed by atoms with Crippen molar-refractivity contribution in [1.82, 2.24) is 5.32 Å². The van der Waals surface area contributed by atoms with Gasteiger partial charge in [0.15, 0.2) is 0 Å². The lowest BCUT2D eigenvalue weighted by Crippen LogP contribution is -2.24. The van der Waals surface area contributed by atoms with Gasteiger partial charge in [-0.1, -0.05) is 60.7 Å². The van der Waals surface area contributed by atoms with Crippen LogP contribution in [0.3, 0.4) is 0 Å². The summed E-state index contributed by atoms with van der Waals surface area (Å²) in [6, 6.07) is 27.1. The van der Waals surface area contributed by atoms with E-state index in [1.165, 1.54) is 0 Å². The number of amides is 1. The molecule has 120 valence electrons. The van der Waals surface area contributed by atoms with Gasteiger partial charge in [-0.05, 0) is 35.4 Å². The molecule has 0 unspecified atom stereocenters. The van der Waals surface area contributed by atoms with Gasteiger partial charge in [-0.15, -0.1) is 0 Å². The Hall–Kier alpha value is -3.07. The molecule has 0 atom stereocenters. The van der Waals surface area contributed by atoms with Gasteiger partial charge < -0.3 is 10.1 Å². The summed E-state index contributed by atoms with van der Waals surface area (Å²) >= 11 is 0. The maximum atomic E-state index is 12.0. The maximum absolute atomic E-state index is 12.0. The summed E-state index contributed by atoms with van der Waals surface area (Å²) < 4.78 is 5.75. The number of para-hydroxylation sites is 1. The molecule has 0 heterocycles. The van der Waals surface area contributed by atoms with E-state index in [-0.39, 0.29) is 5.91 Å². The SMILES string of the molecule is O=C(Cc1ccccc1)NCc1ccc(Oc2ccccc2)cc1. The highest BCUT2D eigenvalue weighted by molar-refractivity contribution is 5.78. The molecule has 3 nitrogen and oxygen atoms in total. The van der Waals surface area contributed by atoms with Crippen molar-refractivity contribution in [2.45, 2.75) is 13.0 Å². The van der Waals surface area contributed by atoms with E-state index < -0.39 is 0 Å². The average Bonchev–Trinajstić information content (AvgIpc) is 2.63. The van der Waals surface area contributed by atoms with Crippen molar-refractivity contribution in [3.8, 4) is 11.5 Å². The average molecular weight is 317 g/mol. The molecular weight excluding hydrogens is 298 g/mol. The lowest BCUT2D eigenvalue weighted by Gasteiger charge is -2.08. The molecule has 3 aromatic rings. The molecule has 0 spiro atoms. The number of benzene rings is 3. The summed E-state index contributed by atoms with van der Waals surface area (Å²) in [7, 11) is 0. The Labute approximate surface area is 141 Å². The Morgan fingerprint density at radius 1 is 0.708 bits per heavy atom. The smallest absolute Gasteiger partial charge is 0.224 e. The summed E-state index contributed by atoms with van der Waals surface area (Å²) in [6.07, 6.45) is 0.399. The minimum Gasteiger partial charge on any atom is -0.457 e. The number of carbonyl (C=O) groups excluding carboxylic acids is 1. The first kappa shape index (κ1) is 15.8. The van der Waals surface area contributed by atoms with E-state index in [0.717, 1.165) is 22.6 Å². The Morgan fingerprint density at radius 2 is 1.29 bits per heavy atom. The van der Waals surface area contributed by atoms with E-state index in [4.69, 9.17) is 4.74 Å². The Kier molecular flexibility index (Phi) is 5.25. The fourth-order valence-corrected chi connectivity index (χ4v) is 2.34. The van der Waals surface area contributed by atoms with E-state index >= 15 is 0 Å². The predicted molar refractivity (Wildman–Crippen MR) is 95.0 cm³/mol. The lowest BCUT2D eigenvalue weighted by atomic mass is 10.1. The van der Waals surface area contributed by atoms with Gasteiger partial charge in [-0.25, -0.2) is 0 Å². The first-order valence-electron chi connectivity index (χ1n) is 7.92. The highest BCUT2D eigenvalue weighted by Gasteiger charge is 2.03. The molecule has 1 amide bonds. The van der Waals surface area contributed by atoms with E-state index in [1.54, 1.807) is 0 Å². The van der Waals surface area contributed by atoms with Crippen molar-refractivity contribution in [3.05, 3.63) is 96.1 Å². The minimum atomic E-state index is 0.0193. The fourth-order valence-electron chi connectivity index (χ4n) is 2.34. The maximum Gasteiger partial charge on any atom is 0.224 e. The third kappa shape index (κ3) is 4.71. The van der Waals surface area contributed by atoms with Crippen molar-refractivity contribution in [2.24, 2.45) is 0 Å². The monoisotopic (exact) mass is 317 g/mol. The summed E-state index contributed by atoms with van der Waals surface area (Å²) in [5.74, 6) is 1.60. The first-order chi connectivity index (χ1) is 11.8. The highest BCUT2D eigenvalue weighted by Crippen LogP contribution is 2.21. The highest BCUT2D eigenvalue weighted by atomic mass is 16.5. The van der Waals surface area contributed by atoms with Crippen LogP contribution in [0.1, 0.15) is 11.1 Å². The van der Waals surface area contributed by atoms with Crippen LogP contribution in [0.25, 0.3) is 0 Å². The second-order valence-corrected chi connectivity index (χ2v) is 5.50. The van der Waals surface area contributed by atoms with Gasteiger partial charge in [0.05, 0.1) is 6.42 Å². The van der Waals surface area contributed by atoms with Crippen LogP contribution in [-0.4, -0.2) is 5.91 Å². The van der Waals surface area contributed by atoms with Gasteiger partial charge in [0.25, 0.3) is 0 Å². The van der Waals surface area contributed by atoms with Crippen LogP contribution in [0.15, 0.2) is 84.9 Å². The molecule has 0 aromatic heterocycles. The normalized spacial score (nSPS) is 10.2. The van der Waals surface area contributed by atoms with Crippen LogP contribution in [0.2, 0.25) is 0 Å². The largest absolute Gasteiger partial charge is 0.457 e. The van der Waals surface area contributed by atoms with Crippen LogP contribution >= 0.6 is 0 Å². The molecule has 3 rings (SSSR count). The molecule has 1 N–H and O–H groups in total. The van der Waals surface area contributed by atoms with E-state index in [1.807, 2.05) is 84.9 Å². The van der Waals surface area contributed by atoms with Crippen LogP contribution in [0.5, 0.6) is 11.5 Å². The third-order valence-electron chi connectivity index (χ3n) is 3.60. The lowest BCUT2D eigenvalue weighted by molar-refractivity contribution is -0.120. The second-order valence-electron chi connectivity index (χ2n) is 5.50. The summed E-state index contributed by atoms with van der Waals surface area (Å²) in [4.78, 5) is 12.0. The summed E-state index contributed by atoms with van der Waals surface area (Å²) in [5.41, 5.74) is 2.05. The molecule has 0 aliphatic carbocycles. The number of ether oxygens (including phenoxy) is 1. The number of hydrogen-bond acceptors (Lipinski definition) is 2. The van der Waals surface area contributed by atoms with Gasteiger partial charge in [0, 0.05) is 6.54 Å². The molecule has 0 fully saturated rings. The van der Waals surface area contributed by atoms with E-state index in [9.17, 15) is 4.79 Å². The topological polar surface area (TPSA) is 38.3 Å². The van der Waals surface area contributed by atoms with Crippen LogP contribution in [0.4, 0.5) is 0 Å².